The number of hydrogen-bond donors (Lipinski definition) is 0. The Balaban J connectivity index is 1.05. The van der Waals surface area contributed by atoms with Gasteiger partial charge in [0.05, 0.1) is 25.3 Å². The minimum absolute atomic E-state index is 0.0883. The molecule has 0 N–H and O–H groups in total. The van der Waals surface area contributed by atoms with Gasteiger partial charge >= 0.3 is 6.09 Å². The number of amides is 1. The number of carbonyl (C=O) groups excluding carboxylic acids is 1. The highest BCUT2D eigenvalue weighted by Gasteiger charge is 2.36. The van der Waals surface area contributed by atoms with Crippen molar-refractivity contribution in [1.29, 1.82) is 0 Å². The van der Waals surface area contributed by atoms with E-state index in [0.29, 0.717) is 38.1 Å². The molecule has 1 amide bonds. The smallest absolute Gasteiger partial charge is 0.410 e. The van der Waals surface area contributed by atoms with Crippen molar-refractivity contribution >= 4 is 11.8 Å². The van der Waals surface area contributed by atoms with E-state index < -0.39 is 5.60 Å². The van der Waals surface area contributed by atoms with Gasteiger partial charge in [-0.1, -0.05) is 72.8 Å². The fraction of sp³-hybridized carbons (Fsp3) is 0.368. The van der Waals surface area contributed by atoms with Crippen LogP contribution in [0.5, 0.6) is 11.8 Å². The summed E-state index contributed by atoms with van der Waals surface area (Å²) in [7, 11) is 0. The van der Waals surface area contributed by atoms with E-state index in [2.05, 4.69) is 29.2 Å². The maximum atomic E-state index is 12.2. The lowest BCUT2D eigenvalue weighted by molar-refractivity contribution is -0.0981. The Bertz CT molecular complexity index is 1560. The molecule has 6 rings (SSSR count). The van der Waals surface area contributed by atoms with Gasteiger partial charge in [0.2, 0.25) is 11.8 Å². The highest BCUT2D eigenvalue weighted by molar-refractivity contribution is 5.71. The van der Waals surface area contributed by atoms with Gasteiger partial charge < -0.3 is 28.7 Å². The third kappa shape index (κ3) is 8.37. The number of anilines is 1. The largest absolute Gasteiger partial charge is 0.473 e. The van der Waals surface area contributed by atoms with Gasteiger partial charge in [0.25, 0.3) is 0 Å². The number of benzene rings is 3. The second-order valence-corrected chi connectivity index (χ2v) is 12.9. The van der Waals surface area contributed by atoms with Crippen LogP contribution in [0, 0.1) is 0 Å². The number of rotatable bonds is 10. The number of likely N-dealkylation sites (tertiary alicyclic amines) is 1. The van der Waals surface area contributed by atoms with Crippen LogP contribution in [0.4, 0.5) is 10.5 Å². The monoisotopic (exact) mass is 621 g/mol. The van der Waals surface area contributed by atoms with E-state index in [-0.39, 0.29) is 18.3 Å². The summed E-state index contributed by atoms with van der Waals surface area (Å²) in [6.07, 6.45) is 1.95. The predicted molar refractivity (Wildman–Crippen MR) is 179 cm³/mol. The average Bonchev–Trinajstić information content (AvgIpc) is 3.05. The number of hydrogen-bond acceptors (Lipinski definition) is 7. The summed E-state index contributed by atoms with van der Waals surface area (Å²) in [6, 6.07) is 32.7. The van der Waals surface area contributed by atoms with Gasteiger partial charge in [-0.15, -0.1) is 0 Å². The third-order valence-electron chi connectivity index (χ3n) is 8.15. The summed E-state index contributed by atoms with van der Waals surface area (Å²) in [5, 5.41) is 0. The second kappa shape index (κ2) is 14.3. The topological polar surface area (TPSA) is 73.4 Å². The van der Waals surface area contributed by atoms with Crippen molar-refractivity contribution in [3.05, 3.63) is 108 Å². The highest BCUT2D eigenvalue weighted by atomic mass is 16.6. The fourth-order valence-electron chi connectivity index (χ4n) is 5.66. The van der Waals surface area contributed by atoms with Crippen LogP contribution in [0.2, 0.25) is 0 Å². The number of nitrogens with zero attached hydrogens (tertiary/aromatic N) is 3. The first-order valence-electron chi connectivity index (χ1n) is 16.1. The molecular weight excluding hydrogens is 578 g/mol. The Kier molecular flexibility index (Phi) is 9.73. The first-order chi connectivity index (χ1) is 22.3. The molecule has 0 unspecified atom stereocenters. The van der Waals surface area contributed by atoms with E-state index in [1.54, 1.807) is 4.90 Å². The van der Waals surface area contributed by atoms with Crippen molar-refractivity contribution in [2.24, 2.45) is 0 Å². The predicted octanol–water partition coefficient (Wildman–Crippen LogP) is 7.51. The number of piperidine rings is 1. The zero-order chi connectivity index (χ0) is 31.9. The van der Waals surface area contributed by atoms with Crippen molar-refractivity contribution in [3.63, 3.8) is 0 Å². The molecule has 8 heteroatoms. The number of carbonyl (C=O) groups is 1. The van der Waals surface area contributed by atoms with E-state index in [1.165, 1.54) is 5.69 Å². The molecule has 8 nitrogen and oxygen atoms in total. The Morgan fingerprint density at radius 2 is 1.37 bits per heavy atom. The van der Waals surface area contributed by atoms with Gasteiger partial charge in [-0.25, -0.2) is 4.79 Å². The van der Waals surface area contributed by atoms with E-state index in [9.17, 15) is 4.79 Å². The van der Waals surface area contributed by atoms with Gasteiger partial charge in [0.1, 0.15) is 18.8 Å². The first kappa shape index (κ1) is 31.4. The summed E-state index contributed by atoms with van der Waals surface area (Å²) in [5.41, 5.74) is 4.81. The van der Waals surface area contributed by atoms with Gasteiger partial charge in [-0.3, -0.25) is 0 Å². The molecule has 0 spiro atoms. The van der Waals surface area contributed by atoms with Gasteiger partial charge in [0.15, 0.2) is 0 Å². The van der Waals surface area contributed by atoms with Crippen LogP contribution in [0.15, 0.2) is 97.1 Å². The summed E-state index contributed by atoms with van der Waals surface area (Å²) in [5.74, 6) is 1.07. The standard InChI is InChI=1S/C38H43N3O5/c1-38(2,3)46-37(42)41-24-33(25-41)45-32-20-22-40(23-21-32)31-16-14-30(15-17-31)34-18-19-35(43-26-28-10-6-4-7-11-28)39-36(34)44-27-29-12-8-5-9-13-29/h4-19,32-33H,20-27H2,1-3H3. The summed E-state index contributed by atoms with van der Waals surface area (Å²) in [4.78, 5) is 21.1. The molecule has 3 aromatic carbocycles. The molecular formula is C38H43N3O5. The number of pyridine rings is 1. The maximum Gasteiger partial charge on any atom is 0.410 e. The van der Waals surface area contributed by atoms with Crippen LogP contribution in [-0.2, 0) is 22.7 Å². The Hall–Kier alpha value is -4.56. The fourth-order valence-corrected chi connectivity index (χ4v) is 5.66. The van der Waals surface area contributed by atoms with Crippen LogP contribution in [0.3, 0.4) is 0 Å². The molecule has 2 aliphatic rings. The Labute approximate surface area is 271 Å². The molecule has 0 saturated carbocycles. The van der Waals surface area contributed by atoms with E-state index in [0.717, 1.165) is 48.2 Å². The minimum atomic E-state index is -0.481. The molecule has 2 aliphatic heterocycles. The van der Waals surface area contributed by atoms with E-state index >= 15 is 0 Å². The molecule has 4 aromatic rings. The maximum absolute atomic E-state index is 12.2. The zero-order valence-electron chi connectivity index (χ0n) is 26.9. The molecule has 2 fully saturated rings. The lowest BCUT2D eigenvalue weighted by Gasteiger charge is -2.42. The molecule has 0 radical (unpaired) electrons. The molecule has 0 bridgehead atoms. The molecule has 46 heavy (non-hydrogen) atoms. The molecule has 0 atom stereocenters. The first-order valence-corrected chi connectivity index (χ1v) is 16.1. The van der Waals surface area contributed by atoms with Crippen LogP contribution < -0.4 is 14.4 Å². The summed E-state index contributed by atoms with van der Waals surface area (Å²) < 4.78 is 24.1. The van der Waals surface area contributed by atoms with Crippen molar-refractivity contribution in [3.8, 4) is 22.9 Å². The summed E-state index contributed by atoms with van der Waals surface area (Å²) >= 11 is 0. The Morgan fingerprint density at radius 3 is 1.98 bits per heavy atom. The third-order valence-corrected chi connectivity index (χ3v) is 8.15. The van der Waals surface area contributed by atoms with Crippen molar-refractivity contribution in [2.45, 2.75) is 64.6 Å². The van der Waals surface area contributed by atoms with E-state index in [1.807, 2.05) is 93.6 Å². The Morgan fingerprint density at radius 1 is 0.761 bits per heavy atom. The second-order valence-electron chi connectivity index (χ2n) is 12.9. The van der Waals surface area contributed by atoms with Gasteiger partial charge in [0, 0.05) is 30.4 Å². The quantitative estimate of drug-likeness (QED) is 0.181. The summed E-state index contributed by atoms with van der Waals surface area (Å²) in [6.45, 7) is 9.56. The van der Waals surface area contributed by atoms with Crippen LogP contribution >= 0.6 is 0 Å². The minimum Gasteiger partial charge on any atom is -0.473 e. The molecule has 2 saturated heterocycles. The molecule has 1 aromatic heterocycles. The lowest BCUT2D eigenvalue weighted by Crippen LogP contribution is -2.57. The molecule has 240 valence electrons. The van der Waals surface area contributed by atoms with Crippen molar-refractivity contribution in [2.75, 3.05) is 31.1 Å². The molecule has 3 heterocycles. The SMILES string of the molecule is CC(C)(C)OC(=O)N1CC(OC2CCN(c3ccc(-c4ccc(OCc5ccccc5)nc4OCc4ccccc4)cc3)CC2)C1. The highest BCUT2D eigenvalue weighted by Crippen LogP contribution is 2.33. The average molecular weight is 622 g/mol. The molecule has 0 aliphatic carbocycles. The van der Waals surface area contributed by atoms with Crippen molar-refractivity contribution in [1.82, 2.24) is 9.88 Å². The van der Waals surface area contributed by atoms with Crippen LogP contribution in [-0.4, -0.2) is 60.0 Å². The number of ether oxygens (including phenoxy) is 4. The van der Waals surface area contributed by atoms with Crippen LogP contribution in [0.1, 0.15) is 44.7 Å². The normalized spacial score (nSPS) is 15.7. The van der Waals surface area contributed by atoms with Gasteiger partial charge in [-0.05, 0) is 68.5 Å². The van der Waals surface area contributed by atoms with Crippen LogP contribution in [0.25, 0.3) is 11.1 Å². The lowest BCUT2D eigenvalue weighted by atomic mass is 10.0. The van der Waals surface area contributed by atoms with E-state index in [4.69, 9.17) is 23.9 Å². The number of aromatic nitrogens is 1. The van der Waals surface area contributed by atoms with Gasteiger partial charge in [-0.2, -0.15) is 4.98 Å². The van der Waals surface area contributed by atoms with Crippen molar-refractivity contribution < 1.29 is 23.7 Å². The zero-order valence-corrected chi connectivity index (χ0v) is 26.9.